The van der Waals surface area contributed by atoms with E-state index in [1.54, 1.807) is 0 Å². The highest BCUT2D eigenvalue weighted by Gasteiger charge is 2.65. The standard InChI is InChI=1S/C13H35NO14Si4/c1-17-30(18-2,19-3)26-29(12-10-11-14-13(15)16,27-31(20-4,21-5)22-6)28-32(23-7,24-8)25-9/h14H,10-12H2,1-9H3,(H,15,16). The van der Waals surface area contributed by atoms with Crippen LogP contribution in [0.1, 0.15) is 6.42 Å². The maximum absolute atomic E-state index is 10.9. The minimum absolute atomic E-state index is 0.00618. The first-order valence-electron chi connectivity index (χ1n) is 9.12. The third kappa shape index (κ3) is 8.78. The molecule has 0 spiro atoms. The average molecular weight is 542 g/mol. The summed E-state index contributed by atoms with van der Waals surface area (Å²) in [4.78, 5) is 10.9. The van der Waals surface area contributed by atoms with Crippen molar-refractivity contribution in [1.29, 1.82) is 0 Å². The molecule has 0 heterocycles. The predicted molar refractivity (Wildman–Crippen MR) is 115 cm³/mol. The van der Waals surface area contributed by atoms with E-state index in [1.807, 2.05) is 0 Å². The lowest BCUT2D eigenvalue weighted by Crippen LogP contribution is -2.69. The summed E-state index contributed by atoms with van der Waals surface area (Å²) >= 11 is 0. The number of carboxylic acid groups (broad SMARTS) is 1. The van der Waals surface area contributed by atoms with E-state index in [0.29, 0.717) is 0 Å². The molecule has 0 bridgehead atoms. The topological polar surface area (TPSA) is 160 Å². The van der Waals surface area contributed by atoms with Gasteiger partial charge >= 0.3 is 42.0 Å². The summed E-state index contributed by atoms with van der Waals surface area (Å²) in [6.45, 7) is 0.0463. The summed E-state index contributed by atoms with van der Waals surface area (Å²) < 4.78 is 67.1. The molecular weight excluding hydrogens is 506 g/mol. The van der Waals surface area contributed by atoms with Gasteiger partial charge in [0.15, 0.2) is 0 Å². The molecule has 15 nitrogen and oxygen atoms in total. The van der Waals surface area contributed by atoms with Crippen molar-refractivity contribution in [3.63, 3.8) is 0 Å². The summed E-state index contributed by atoms with van der Waals surface area (Å²) in [7, 11) is -3.68. The quantitative estimate of drug-likeness (QED) is 0.163. The van der Waals surface area contributed by atoms with Gasteiger partial charge in [0.05, 0.1) is 0 Å². The zero-order valence-electron chi connectivity index (χ0n) is 19.9. The molecule has 1 amide bonds. The summed E-state index contributed by atoms with van der Waals surface area (Å²) in [5.74, 6) is 0. The molecule has 0 atom stereocenters. The van der Waals surface area contributed by atoms with E-state index >= 15 is 0 Å². The SMILES string of the molecule is CO[Si](OC)(OC)O[Si](CCCNC(=O)O)(O[Si](OC)(OC)OC)O[Si](OC)(OC)OC. The van der Waals surface area contributed by atoms with Crippen molar-refractivity contribution in [2.75, 3.05) is 70.5 Å². The van der Waals surface area contributed by atoms with E-state index in [2.05, 4.69) is 5.32 Å². The van der Waals surface area contributed by atoms with Gasteiger partial charge in [-0.3, -0.25) is 0 Å². The highest BCUT2D eigenvalue weighted by atomic mass is 28.5. The summed E-state index contributed by atoms with van der Waals surface area (Å²) in [6.07, 6.45) is -0.998. The van der Waals surface area contributed by atoms with Gasteiger partial charge < -0.3 is 62.6 Å². The Hall–Kier alpha value is -0.342. The molecule has 32 heavy (non-hydrogen) atoms. The van der Waals surface area contributed by atoms with Crippen molar-refractivity contribution in [2.24, 2.45) is 0 Å². The van der Waals surface area contributed by atoms with E-state index in [9.17, 15) is 4.79 Å². The van der Waals surface area contributed by atoms with E-state index in [0.717, 1.165) is 0 Å². The van der Waals surface area contributed by atoms with Crippen molar-refractivity contribution in [3.8, 4) is 0 Å². The zero-order valence-corrected chi connectivity index (χ0v) is 23.9. The molecule has 192 valence electrons. The molecule has 19 heteroatoms. The smallest absolute Gasteiger partial charge is 0.465 e. The molecule has 2 N–H and O–H groups in total. The van der Waals surface area contributed by atoms with Crippen molar-refractivity contribution in [1.82, 2.24) is 5.32 Å². The highest BCUT2D eigenvalue weighted by molar-refractivity contribution is 6.82. The lowest BCUT2D eigenvalue weighted by Gasteiger charge is -2.41. The number of hydrogen-bond donors (Lipinski definition) is 2. The van der Waals surface area contributed by atoms with Gasteiger partial charge in [-0.15, -0.1) is 0 Å². The second-order valence-electron chi connectivity index (χ2n) is 5.66. The van der Waals surface area contributed by atoms with Crippen LogP contribution < -0.4 is 5.32 Å². The molecule has 0 fully saturated rings. The Morgan fingerprint density at radius 3 is 1.12 bits per heavy atom. The van der Waals surface area contributed by atoms with Crippen LogP contribution in [0.4, 0.5) is 4.79 Å². The van der Waals surface area contributed by atoms with E-state index in [-0.39, 0.29) is 19.0 Å². The van der Waals surface area contributed by atoms with Gasteiger partial charge in [-0.25, -0.2) is 4.79 Å². The number of hydrogen-bond acceptors (Lipinski definition) is 13. The summed E-state index contributed by atoms with van der Waals surface area (Å²) in [6, 6.07) is -0.00618. The van der Waals surface area contributed by atoms with Gasteiger partial charge in [-0.1, -0.05) is 0 Å². The van der Waals surface area contributed by atoms with Crippen LogP contribution in [0, 0.1) is 0 Å². The van der Waals surface area contributed by atoms with Crippen LogP contribution in [-0.4, -0.2) is 118 Å². The largest absolute Gasteiger partial charge is 0.671 e. The third-order valence-electron chi connectivity index (χ3n) is 4.03. The normalized spacial score (nSPS) is 13.4. The Kier molecular flexibility index (Phi) is 14.7. The fourth-order valence-electron chi connectivity index (χ4n) is 2.41. The number of amides is 1. The lowest BCUT2D eigenvalue weighted by atomic mass is 10.5. The van der Waals surface area contributed by atoms with Crippen LogP contribution in [0.2, 0.25) is 6.04 Å². The fourth-order valence-corrected chi connectivity index (χ4v) is 14.9. The highest BCUT2D eigenvalue weighted by Crippen LogP contribution is 2.31. The zero-order chi connectivity index (χ0) is 24.9. The predicted octanol–water partition coefficient (Wildman–Crippen LogP) is -0.243. The van der Waals surface area contributed by atoms with Gasteiger partial charge in [0, 0.05) is 76.6 Å². The van der Waals surface area contributed by atoms with Crippen LogP contribution in [-0.2, 0) is 52.2 Å². The van der Waals surface area contributed by atoms with E-state index < -0.39 is 42.0 Å². The molecule has 0 aromatic rings. The summed E-state index contributed by atoms with van der Waals surface area (Å²) in [5, 5.41) is 11.1. The Labute approximate surface area is 192 Å². The fraction of sp³-hybridized carbons (Fsp3) is 0.923. The number of nitrogens with one attached hydrogen (secondary N) is 1. The van der Waals surface area contributed by atoms with Crippen molar-refractivity contribution in [2.45, 2.75) is 12.5 Å². The van der Waals surface area contributed by atoms with Crippen LogP contribution in [0.25, 0.3) is 0 Å². The molecule has 0 aliphatic heterocycles. The lowest BCUT2D eigenvalue weighted by molar-refractivity contribution is -0.0260. The van der Waals surface area contributed by atoms with Gasteiger partial charge in [-0.2, -0.15) is 0 Å². The van der Waals surface area contributed by atoms with E-state index in [1.165, 1.54) is 64.0 Å². The first-order chi connectivity index (χ1) is 15.1. The maximum Gasteiger partial charge on any atom is 0.671 e. The van der Waals surface area contributed by atoms with Crippen molar-refractivity contribution in [3.05, 3.63) is 0 Å². The van der Waals surface area contributed by atoms with Crippen molar-refractivity contribution < 1.29 is 62.1 Å². The molecule has 0 unspecified atom stereocenters. The number of rotatable bonds is 19. The molecule has 0 aliphatic carbocycles. The molecule has 0 aromatic heterocycles. The molecule has 0 aliphatic rings. The average Bonchev–Trinajstić information content (AvgIpc) is 2.82. The second-order valence-corrected chi connectivity index (χ2v) is 16.7. The molecule has 0 radical (unpaired) electrons. The number of carbonyl (C=O) groups is 1. The minimum atomic E-state index is -4.14. The maximum atomic E-state index is 10.9. The Balaban J connectivity index is 6.51. The van der Waals surface area contributed by atoms with Gasteiger partial charge in [0.1, 0.15) is 0 Å². The Morgan fingerprint density at radius 2 is 0.906 bits per heavy atom. The van der Waals surface area contributed by atoms with Crippen LogP contribution in [0.5, 0.6) is 0 Å². The van der Waals surface area contributed by atoms with Gasteiger partial charge in [-0.05, 0) is 6.42 Å². The molecule has 0 rings (SSSR count). The van der Waals surface area contributed by atoms with E-state index in [4.69, 9.17) is 57.3 Å². The third-order valence-corrected chi connectivity index (χ3v) is 16.2. The Bertz CT molecular complexity index is 455. The van der Waals surface area contributed by atoms with Crippen LogP contribution in [0.15, 0.2) is 0 Å². The monoisotopic (exact) mass is 541 g/mol. The molecular formula is C13H35NO14Si4. The van der Waals surface area contributed by atoms with Gasteiger partial charge in [0.25, 0.3) is 0 Å². The first-order valence-corrected chi connectivity index (χ1v) is 16.0. The van der Waals surface area contributed by atoms with Crippen LogP contribution >= 0.6 is 0 Å². The van der Waals surface area contributed by atoms with Crippen LogP contribution in [0.3, 0.4) is 0 Å². The molecule has 0 aromatic carbocycles. The molecule has 0 saturated carbocycles. The first kappa shape index (κ1) is 31.7. The Morgan fingerprint density at radius 1 is 0.625 bits per heavy atom. The van der Waals surface area contributed by atoms with Gasteiger partial charge in [0.2, 0.25) is 0 Å². The molecule has 0 saturated heterocycles. The van der Waals surface area contributed by atoms with Crippen molar-refractivity contribution >= 4 is 42.0 Å². The summed E-state index contributed by atoms with van der Waals surface area (Å²) in [5.41, 5.74) is 0. The second kappa shape index (κ2) is 14.8. The minimum Gasteiger partial charge on any atom is -0.465 e.